The predicted molar refractivity (Wildman–Crippen MR) is 74.4 cm³/mol. The second kappa shape index (κ2) is 6.08. The van der Waals surface area contributed by atoms with Gasteiger partial charge in [0.05, 0.1) is 25.4 Å². The average molecular weight is 306 g/mol. The molecule has 0 atom stereocenters. The number of piperidine rings is 1. The average Bonchev–Trinajstić information content (AvgIpc) is 3.09. The number of hydrogen-bond acceptors (Lipinski definition) is 7. The van der Waals surface area contributed by atoms with Crippen LogP contribution in [0.25, 0.3) is 11.6 Å². The Morgan fingerprint density at radius 3 is 2.82 bits per heavy atom. The van der Waals surface area contributed by atoms with E-state index in [0.717, 1.165) is 6.20 Å². The van der Waals surface area contributed by atoms with Crippen molar-refractivity contribution in [3.05, 3.63) is 24.5 Å². The number of anilines is 1. The molecule has 3 heterocycles. The first-order valence-corrected chi connectivity index (χ1v) is 6.94. The molecule has 2 aromatic heterocycles. The smallest absolute Gasteiger partial charge is 0.308 e. The molecular formula is C14H15FN4O3. The maximum atomic E-state index is 13.8. The number of carbonyl (C=O) groups excluding carboxylic acids is 1. The van der Waals surface area contributed by atoms with Gasteiger partial charge < -0.3 is 14.1 Å². The maximum absolute atomic E-state index is 13.8. The van der Waals surface area contributed by atoms with Crippen molar-refractivity contribution in [2.24, 2.45) is 5.92 Å². The van der Waals surface area contributed by atoms with Gasteiger partial charge in [-0.3, -0.25) is 4.79 Å². The Kier molecular flexibility index (Phi) is 3.99. The minimum absolute atomic E-state index is 0.0325. The quantitative estimate of drug-likeness (QED) is 0.798. The highest BCUT2D eigenvalue weighted by Gasteiger charge is 2.27. The lowest BCUT2D eigenvalue weighted by atomic mass is 9.97. The van der Waals surface area contributed by atoms with Crippen LogP contribution >= 0.6 is 0 Å². The van der Waals surface area contributed by atoms with Crippen molar-refractivity contribution in [2.75, 3.05) is 25.1 Å². The van der Waals surface area contributed by atoms with Crippen LogP contribution in [-0.4, -0.2) is 41.1 Å². The number of aromatic nitrogens is 3. The third kappa shape index (κ3) is 2.76. The lowest BCUT2D eigenvalue weighted by Gasteiger charge is -2.30. The number of oxazole rings is 1. The third-order valence-corrected chi connectivity index (χ3v) is 3.68. The van der Waals surface area contributed by atoms with Crippen LogP contribution in [0.3, 0.4) is 0 Å². The van der Waals surface area contributed by atoms with Crippen LogP contribution in [0.1, 0.15) is 12.8 Å². The summed E-state index contributed by atoms with van der Waals surface area (Å²) in [5.41, 5.74) is 0.0325. The Morgan fingerprint density at radius 2 is 2.18 bits per heavy atom. The topological polar surface area (TPSA) is 81.4 Å². The zero-order valence-electron chi connectivity index (χ0n) is 12.0. The summed E-state index contributed by atoms with van der Waals surface area (Å²) in [5, 5.41) is 0. The number of carbonyl (C=O) groups is 1. The summed E-state index contributed by atoms with van der Waals surface area (Å²) < 4.78 is 23.6. The van der Waals surface area contributed by atoms with E-state index in [4.69, 9.17) is 9.15 Å². The summed E-state index contributed by atoms with van der Waals surface area (Å²) in [4.78, 5) is 25.5. The fourth-order valence-electron chi connectivity index (χ4n) is 2.48. The largest absolute Gasteiger partial charge is 0.469 e. The van der Waals surface area contributed by atoms with Crippen LogP contribution in [0.2, 0.25) is 0 Å². The summed E-state index contributed by atoms with van der Waals surface area (Å²) in [6, 6.07) is 0. The second-order valence-electron chi connectivity index (χ2n) is 4.99. The summed E-state index contributed by atoms with van der Waals surface area (Å²) in [5.74, 6) is -0.368. The summed E-state index contributed by atoms with van der Waals surface area (Å²) >= 11 is 0. The molecule has 0 amide bonds. The van der Waals surface area contributed by atoms with Crippen LogP contribution in [0.4, 0.5) is 10.3 Å². The standard InChI is InChI=1S/C14H15FN4O3/c1-21-13(20)9-2-5-19(6-3-9)14-17-8-10(15)11(18-14)12-16-4-7-22-12/h4,7-9H,2-3,5-6H2,1H3. The molecule has 1 aliphatic heterocycles. The van der Waals surface area contributed by atoms with Gasteiger partial charge in [-0.05, 0) is 12.8 Å². The first kappa shape index (κ1) is 14.4. The molecule has 0 saturated carbocycles. The molecular weight excluding hydrogens is 291 g/mol. The van der Waals surface area contributed by atoms with E-state index in [9.17, 15) is 9.18 Å². The van der Waals surface area contributed by atoms with Crippen molar-refractivity contribution < 1.29 is 18.3 Å². The Hall–Kier alpha value is -2.51. The molecule has 0 bridgehead atoms. The minimum Gasteiger partial charge on any atom is -0.469 e. The molecule has 0 unspecified atom stereocenters. The van der Waals surface area contributed by atoms with Gasteiger partial charge in [-0.2, -0.15) is 0 Å². The highest BCUT2D eigenvalue weighted by atomic mass is 19.1. The van der Waals surface area contributed by atoms with E-state index >= 15 is 0 Å². The molecule has 0 spiro atoms. The van der Waals surface area contributed by atoms with Crippen molar-refractivity contribution >= 4 is 11.9 Å². The maximum Gasteiger partial charge on any atom is 0.308 e. The Bertz CT molecular complexity index is 654. The van der Waals surface area contributed by atoms with Gasteiger partial charge in [0.1, 0.15) is 6.26 Å². The van der Waals surface area contributed by atoms with Gasteiger partial charge in [0.25, 0.3) is 0 Å². The molecule has 1 aliphatic rings. The lowest BCUT2D eigenvalue weighted by Crippen LogP contribution is -2.37. The first-order chi connectivity index (χ1) is 10.7. The van der Waals surface area contributed by atoms with Crippen LogP contribution in [0.5, 0.6) is 0 Å². The normalized spacial score (nSPS) is 15.8. The summed E-state index contributed by atoms with van der Waals surface area (Å²) in [6.07, 6.45) is 5.20. The fourth-order valence-corrected chi connectivity index (χ4v) is 2.48. The minimum atomic E-state index is -0.587. The fraction of sp³-hybridized carbons (Fsp3) is 0.429. The summed E-state index contributed by atoms with van der Waals surface area (Å²) in [7, 11) is 1.39. The van der Waals surface area contributed by atoms with Gasteiger partial charge in [-0.15, -0.1) is 0 Å². The molecule has 116 valence electrons. The lowest BCUT2D eigenvalue weighted by molar-refractivity contribution is -0.146. The molecule has 2 aromatic rings. The molecule has 0 aliphatic carbocycles. The van der Waals surface area contributed by atoms with Crippen LogP contribution in [0, 0.1) is 11.7 Å². The van der Waals surface area contributed by atoms with E-state index in [0.29, 0.717) is 31.9 Å². The number of rotatable bonds is 3. The van der Waals surface area contributed by atoms with E-state index in [-0.39, 0.29) is 23.5 Å². The van der Waals surface area contributed by atoms with Gasteiger partial charge in [-0.1, -0.05) is 0 Å². The Morgan fingerprint density at radius 1 is 1.41 bits per heavy atom. The number of methoxy groups -OCH3 is 1. The van der Waals surface area contributed by atoms with E-state index in [1.807, 2.05) is 4.90 Å². The number of nitrogens with zero attached hydrogens (tertiary/aromatic N) is 4. The van der Waals surface area contributed by atoms with Crippen molar-refractivity contribution in [2.45, 2.75) is 12.8 Å². The van der Waals surface area contributed by atoms with Gasteiger partial charge in [-0.25, -0.2) is 19.3 Å². The number of ether oxygens (including phenoxy) is 1. The Balaban J connectivity index is 1.77. The van der Waals surface area contributed by atoms with Crippen LogP contribution in [0.15, 0.2) is 23.1 Å². The summed E-state index contributed by atoms with van der Waals surface area (Å²) in [6.45, 7) is 1.22. The van der Waals surface area contributed by atoms with Crippen molar-refractivity contribution in [1.29, 1.82) is 0 Å². The number of halogens is 1. The number of hydrogen-bond donors (Lipinski definition) is 0. The van der Waals surface area contributed by atoms with Gasteiger partial charge >= 0.3 is 5.97 Å². The molecule has 1 saturated heterocycles. The molecule has 3 rings (SSSR count). The monoisotopic (exact) mass is 306 g/mol. The van der Waals surface area contributed by atoms with Gasteiger partial charge in [0.2, 0.25) is 11.8 Å². The zero-order chi connectivity index (χ0) is 15.5. The molecule has 0 aromatic carbocycles. The van der Waals surface area contributed by atoms with E-state index in [2.05, 4.69) is 15.0 Å². The van der Waals surface area contributed by atoms with E-state index in [1.165, 1.54) is 19.6 Å². The molecule has 8 heteroatoms. The number of esters is 1. The van der Waals surface area contributed by atoms with Crippen LogP contribution < -0.4 is 4.90 Å². The van der Waals surface area contributed by atoms with E-state index in [1.54, 1.807) is 0 Å². The van der Waals surface area contributed by atoms with E-state index < -0.39 is 5.82 Å². The van der Waals surface area contributed by atoms with Crippen molar-refractivity contribution in [1.82, 2.24) is 15.0 Å². The van der Waals surface area contributed by atoms with Gasteiger partial charge in [0.15, 0.2) is 11.5 Å². The molecule has 7 nitrogen and oxygen atoms in total. The zero-order valence-corrected chi connectivity index (χ0v) is 12.0. The van der Waals surface area contributed by atoms with Crippen molar-refractivity contribution in [3.8, 4) is 11.6 Å². The van der Waals surface area contributed by atoms with Gasteiger partial charge in [0, 0.05) is 13.1 Å². The third-order valence-electron chi connectivity index (χ3n) is 3.68. The predicted octanol–water partition coefficient (Wildman–Crippen LogP) is 1.66. The first-order valence-electron chi connectivity index (χ1n) is 6.94. The highest BCUT2D eigenvalue weighted by molar-refractivity contribution is 5.72. The SMILES string of the molecule is COC(=O)C1CCN(c2ncc(F)c(-c3ncco3)n2)CC1. The van der Waals surface area contributed by atoms with Crippen LogP contribution in [-0.2, 0) is 9.53 Å². The molecule has 0 N–H and O–H groups in total. The second-order valence-corrected chi connectivity index (χ2v) is 4.99. The molecule has 22 heavy (non-hydrogen) atoms. The Labute approximate surface area is 126 Å². The molecule has 1 fully saturated rings. The highest BCUT2D eigenvalue weighted by Crippen LogP contribution is 2.24. The van der Waals surface area contributed by atoms with Crippen molar-refractivity contribution in [3.63, 3.8) is 0 Å². The molecule has 0 radical (unpaired) electrons.